The van der Waals surface area contributed by atoms with E-state index < -0.39 is 4.92 Å². The second-order valence-corrected chi connectivity index (χ2v) is 8.10. The summed E-state index contributed by atoms with van der Waals surface area (Å²) in [7, 11) is 0. The first-order valence-corrected chi connectivity index (χ1v) is 8.30. The smallest absolute Gasteiger partial charge is 0.269 e. The number of nitrogens with zero attached hydrogens (tertiary/aromatic N) is 2. The lowest BCUT2D eigenvalue weighted by atomic mass is 10.2. The first kappa shape index (κ1) is 15.8. The van der Waals surface area contributed by atoms with E-state index in [0.717, 1.165) is 11.5 Å². The van der Waals surface area contributed by atoms with Gasteiger partial charge in [0.05, 0.1) is 21.6 Å². The maximum absolute atomic E-state index is 11.8. The molecule has 0 saturated carbocycles. The van der Waals surface area contributed by atoms with Crippen molar-refractivity contribution >= 4 is 41.3 Å². The normalized spacial score (nSPS) is 17.0. The monoisotopic (exact) mass is 325 g/mol. The van der Waals surface area contributed by atoms with Crippen molar-refractivity contribution in [3.05, 3.63) is 39.9 Å². The molecule has 1 aliphatic rings. The standard InChI is InChI=1S/C13H15N3O3S2/c1-13(20-6-7-21-13)8-12(17)15-14-9-10-2-4-11(5-3-10)16(18)19/h2-5,9H,6-8H2,1H3,(H,15,17)/b14-9+. The molecule has 2 rings (SSSR count). The van der Waals surface area contributed by atoms with E-state index in [0.29, 0.717) is 12.0 Å². The summed E-state index contributed by atoms with van der Waals surface area (Å²) in [6, 6.07) is 5.96. The zero-order chi connectivity index (χ0) is 15.3. The Labute approximate surface area is 130 Å². The molecular weight excluding hydrogens is 310 g/mol. The molecule has 1 aromatic carbocycles. The van der Waals surface area contributed by atoms with Crippen molar-refractivity contribution in [2.24, 2.45) is 5.10 Å². The summed E-state index contributed by atoms with van der Waals surface area (Å²) in [5.74, 6) is 2.01. The number of nitro benzene ring substituents is 1. The lowest BCUT2D eigenvalue weighted by molar-refractivity contribution is -0.384. The molecule has 1 heterocycles. The van der Waals surface area contributed by atoms with Gasteiger partial charge in [0.1, 0.15) is 0 Å². The van der Waals surface area contributed by atoms with Crippen LogP contribution >= 0.6 is 23.5 Å². The Hall–Kier alpha value is -1.54. The highest BCUT2D eigenvalue weighted by Gasteiger charge is 2.32. The first-order chi connectivity index (χ1) is 9.98. The van der Waals surface area contributed by atoms with E-state index in [-0.39, 0.29) is 15.7 Å². The molecule has 0 atom stereocenters. The molecule has 0 bridgehead atoms. The van der Waals surface area contributed by atoms with Gasteiger partial charge in [-0.25, -0.2) is 5.43 Å². The van der Waals surface area contributed by atoms with E-state index in [1.165, 1.54) is 18.3 Å². The lowest BCUT2D eigenvalue weighted by Crippen LogP contribution is -2.26. The average molecular weight is 325 g/mol. The summed E-state index contributed by atoms with van der Waals surface area (Å²) in [6.45, 7) is 2.06. The Morgan fingerprint density at radius 1 is 1.43 bits per heavy atom. The predicted octanol–water partition coefficient (Wildman–Crippen LogP) is 2.63. The largest absolute Gasteiger partial charge is 0.273 e. The van der Waals surface area contributed by atoms with Gasteiger partial charge in [-0.15, -0.1) is 23.5 Å². The van der Waals surface area contributed by atoms with Gasteiger partial charge in [0, 0.05) is 23.6 Å². The maximum Gasteiger partial charge on any atom is 0.269 e. The van der Waals surface area contributed by atoms with Crippen LogP contribution in [-0.4, -0.2) is 32.6 Å². The van der Waals surface area contributed by atoms with E-state index in [1.807, 2.05) is 0 Å². The minimum atomic E-state index is -0.458. The van der Waals surface area contributed by atoms with Crippen molar-refractivity contribution in [2.75, 3.05) is 11.5 Å². The average Bonchev–Trinajstić information content (AvgIpc) is 2.85. The van der Waals surface area contributed by atoms with Crippen LogP contribution in [0.25, 0.3) is 0 Å². The number of non-ortho nitro benzene ring substituents is 1. The molecule has 112 valence electrons. The number of nitrogens with one attached hydrogen (secondary N) is 1. The summed E-state index contributed by atoms with van der Waals surface area (Å²) in [5.41, 5.74) is 3.21. The van der Waals surface area contributed by atoms with Crippen molar-refractivity contribution < 1.29 is 9.72 Å². The third kappa shape index (κ3) is 4.75. The van der Waals surface area contributed by atoms with E-state index >= 15 is 0 Å². The quantitative estimate of drug-likeness (QED) is 0.511. The third-order valence-electron chi connectivity index (χ3n) is 2.89. The van der Waals surface area contributed by atoms with Crippen LogP contribution in [0.2, 0.25) is 0 Å². The van der Waals surface area contributed by atoms with Crippen molar-refractivity contribution in [2.45, 2.75) is 17.4 Å². The molecule has 1 aliphatic heterocycles. The number of thioether (sulfide) groups is 2. The van der Waals surface area contributed by atoms with Crippen LogP contribution in [0.15, 0.2) is 29.4 Å². The van der Waals surface area contributed by atoms with Crippen LogP contribution in [0.1, 0.15) is 18.9 Å². The number of hydrogen-bond donors (Lipinski definition) is 1. The Morgan fingerprint density at radius 3 is 2.62 bits per heavy atom. The lowest BCUT2D eigenvalue weighted by Gasteiger charge is -2.19. The summed E-state index contributed by atoms with van der Waals surface area (Å²) in [6.07, 6.45) is 1.89. The highest BCUT2D eigenvalue weighted by Crippen LogP contribution is 2.45. The molecule has 1 aromatic rings. The van der Waals surface area contributed by atoms with Gasteiger partial charge in [-0.1, -0.05) is 0 Å². The fourth-order valence-electron chi connectivity index (χ4n) is 1.85. The second-order valence-electron chi connectivity index (χ2n) is 4.65. The van der Waals surface area contributed by atoms with E-state index in [1.54, 1.807) is 35.7 Å². The fourth-order valence-corrected chi connectivity index (χ4v) is 4.68. The first-order valence-electron chi connectivity index (χ1n) is 6.33. The van der Waals surface area contributed by atoms with Crippen LogP contribution in [-0.2, 0) is 4.79 Å². The molecule has 1 saturated heterocycles. The SMILES string of the molecule is CC1(CC(=O)N/N=C/c2ccc([N+](=O)[O-])cc2)SCCS1. The van der Waals surface area contributed by atoms with Crippen LogP contribution in [0.4, 0.5) is 5.69 Å². The molecule has 0 radical (unpaired) electrons. The van der Waals surface area contributed by atoms with Gasteiger partial charge in [0.2, 0.25) is 5.91 Å². The van der Waals surface area contributed by atoms with Crippen LogP contribution < -0.4 is 5.43 Å². The number of nitro groups is 1. The number of rotatable bonds is 5. The number of carbonyl (C=O) groups is 1. The van der Waals surface area contributed by atoms with Crippen LogP contribution in [0.3, 0.4) is 0 Å². The summed E-state index contributed by atoms with van der Waals surface area (Å²) >= 11 is 3.59. The minimum Gasteiger partial charge on any atom is -0.273 e. The number of benzene rings is 1. The topological polar surface area (TPSA) is 84.6 Å². The minimum absolute atomic E-state index is 0.0272. The Kier molecular flexibility index (Phi) is 5.24. The van der Waals surface area contributed by atoms with Crippen LogP contribution in [0.5, 0.6) is 0 Å². The molecule has 1 N–H and O–H groups in total. The Balaban J connectivity index is 1.84. The summed E-state index contributed by atoms with van der Waals surface area (Å²) in [4.78, 5) is 21.9. The molecule has 0 aliphatic carbocycles. The summed E-state index contributed by atoms with van der Waals surface area (Å²) in [5, 5.41) is 14.4. The Bertz CT molecular complexity index is 554. The fraction of sp³-hybridized carbons (Fsp3) is 0.385. The van der Waals surface area contributed by atoms with E-state index in [9.17, 15) is 14.9 Å². The summed E-state index contributed by atoms with van der Waals surface area (Å²) < 4.78 is -0.0625. The molecule has 6 nitrogen and oxygen atoms in total. The highest BCUT2D eigenvalue weighted by molar-refractivity contribution is 8.21. The number of hydrazone groups is 1. The zero-order valence-electron chi connectivity index (χ0n) is 11.4. The molecule has 0 unspecified atom stereocenters. The van der Waals surface area contributed by atoms with Crippen molar-refractivity contribution in [3.63, 3.8) is 0 Å². The molecule has 1 fully saturated rings. The van der Waals surface area contributed by atoms with Crippen LogP contribution in [0, 0.1) is 10.1 Å². The molecule has 0 aromatic heterocycles. The molecule has 8 heteroatoms. The van der Waals surface area contributed by atoms with Gasteiger partial charge >= 0.3 is 0 Å². The van der Waals surface area contributed by atoms with Gasteiger partial charge in [0.25, 0.3) is 5.69 Å². The number of amides is 1. The van der Waals surface area contributed by atoms with E-state index in [2.05, 4.69) is 17.5 Å². The van der Waals surface area contributed by atoms with Gasteiger partial charge in [-0.2, -0.15) is 5.10 Å². The van der Waals surface area contributed by atoms with Crippen molar-refractivity contribution in [1.82, 2.24) is 5.43 Å². The molecule has 21 heavy (non-hydrogen) atoms. The zero-order valence-corrected chi connectivity index (χ0v) is 13.1. The molecule has 0 spiro atoms. The van der Waals surface area contributed by atoms with Gasteiger partial charge in [-0.3, -0.25) is 14.9 Å². The molecular formula is C13H15N3O3S2. The van der Waals surface area contributed by atoms with Crippen molar-refractivity contribution in [3.8, 4) is 0 Å². The number of hydrogen-bond acceptors (Lipinski definition) is 6. The molecule has 1 amide bonds. The van der Waals surface area contributed by atoms with Crippen molar-refractivity contribution in [1.29, 1.82) is 0 Å². The Morgan fingerprint density at radius 2 is 2.05 bits per heavy atom. The highest BCUT2D eigenvalue weighted by atomic mass is 32.2. The second kappa shape index (κ2) is 6.95. The maximum atomic E-state index is 11.8. The van der Waals surface area contributed by atoms with Gasteiger partial charge in [-0.05, 0) is 24.6 Å². The predicted molar refractivity (Wildman–Crippen MR) is 86.8 cm³/mol. The van der Waals surface area contributed by atoms with Gasteiger partial charge in [0.15, 0.2) is 0 Å². The number of carbonyl (C=O) groups excluding carboxylic acids is 1. The third-order valence-corrected chi connectivity index (χ3v) is 6.18. The van der Waals surface area contributed by atoms with E-state index in [4.69, 9.17) is 0 Å². The van der Waals surface area contributed by atoms with Gasteiger partial charge < -0.3 is 0 Å².